The lowest BCUT2D eigenvalue weighted by Crippen LogP contribution is -2.45. The third kappa shape index (κ3) is 4.96. The number of unbranched alkanes of at least 4 members (excludes halogenated alkanes) is 1. The van der Waals surface area contributed by atoms with Gasteiger partial charge in [0, 0.05) is 12.2 Å². The predicted octanol–water partition coefficient (Wildman–Crippen LogP) is 2.83. The molecule has 6 heteroatoms. The maximum Gasteiger partial charge on any atom is 0.372 e. The number of hydrogen-bond donors (Lipinski definition) is 1. The second-order valence-corrected chi connectivity index (χ2v) is 7.19. The number of anilines is 1. The molecule has 0 saturated heterocycles. The summed E-state index contributed by atoms with van der Waals surface area (Å²) < 4.78 is 0. The first-order chi connectivity index (χ1) is 14.0. The van der Waals surface area contributed by atoms with Gasteiger partial charge in [-0.3, -0.25) is 14.4 Å². The molecule has 1 aliphatic heterocycles. The number of para-hydroxylation sites is 1. The number of carboxylic acids is 1. The Kier molecular flexibility index (Phi) is 6.54. The van der Waals surface area contributed by atoms with E-state index in [4.69, 9.17) is 5.11 Å². The molecule has 2 aromatic carbocycles. The van der Waals surface area contributed by atoms with Crippen LogP contribution >= 0.6 is 0 Å². The molecule has 0 fully saturated rings. The van der Waals surface area contributed by atoms with Gasteiger partial charge in [0.05, 0.1) is 6.42 Å². The number of hydrogen-bond acceptors (Lipinski definition) is 4. The van der Waals surface area contributed by atoms with E-state index >= 15 is 0 Å². The quantitative estimate of drug-likeness (QED) is 0.402. The van der Waals surface area contributed by atoms with E-state index in [-0.39, 0.29) is 12.3 Å². The van der Waals surface area contributed by atoms with Crippen LogP contribution in [0.3, 0.4) is 0 Å². The van der Waals surface area contributed by atoms with Crippen LogP contribution in [0.4, 0.5) is 5.69 Å². The zero-order chi connectivity index (χ0) is 20.8. The number of amides is 1. The predicted molar refractivity (Wildman–Crippen MR) is 108 cm³/mol. The number of fused-ring (bicyclic) bond motifs is 1. The van der Waals surface area contributed by atoms with E-state index in [9.17, 15) is 19.2 Å². The van der Waals surface area contributed by atoms with Crippen LogP contribution < -0.4 is 4.90 Å². The molecule has 0 saturated carbocycles. The van der Waals surface area contributed by atoms with Crippen molar-refractivity contribution >= 4 is 29.1 Å². The van der Waals surface area contributed by atoms with Gasteiger partial charge >= 0.3 is 5.97 Å². The third-order valence-electron chi connectivity index (χ3n) is 5.17. The molecule has 1 atom stereocenters. The number of nitrogens with zero attached hydrogens (tertiary/aromatic N) is 1. The van der Waals surface area contributed by atoms with Crippen molar-refractivity contribution in [1.82, 2.24) is 0 Å². The first kappa shape index (κ1) is 20.5. The maximum atomic E-state index is 13.0. The van der Waals surface area contributed by atoms with Crippen molar-refractivity contribution in [3.05, 3.63) is 65.7 Å². The average Bonchev–Trinajstić information content (AvgIpc) is 2.72. The number of rotatable bonds is 9. The molecule has 29 heavy (non-hydrogen) atoms. The van der Waals surface area contributed by atoms with E-state index < -0.39 is 29.9 Å². The highest BCUT2D eigenvalue weighted by Gasteiger charge is 2.37. The Morgan fingerprint density at radius 2 is 1.66 bits per heavy atom. The molecule has 6 nitrogen and oxygen atoms in total. The van der Waals surface area contributed by atoms with Gasteiger partial charge in [0.2, 0.25) is 11.7 Å². The number of aryl methyl sites for hydroxylation is 1. The van der Waals surface area contributed by atoms with Gasteiger partial charge < -0.3 is 10.0 Å². The molecule has 1 aliphatic rings. The highest BCUT2D eigenvalue weighted by molar-refractivity contribution is 6.37. The normalized spacial score (nSPS) is 15.7. The smallest absolute Gasteiger partial charge is 0.372 e. The molecule has 3 rings (SSSR count). The van der Waals surface area contributed by atoms with Gasteiger partial charge in [0.15, 0.2) is 5.78 Å². The van der Waals surface area contributed by atoms with Gasteiger partial charge in [-0.1, -0.05) is 48.5 Å². The first-order valence-electron chi connectivity index (χ1n) is 9.69. The lowest BCUT2D eigenvalue weighted by molar-refractivity contribution is -0.150. The van der Waals surface area contributed by atoms with E-state index in [0.717, 1.165) is 30.5 Å². The Hall–Kier alpha value is -3.28. The average molecular weight is 393 g/mol. The van der Waals surface area contributed by atoms with Crippen LogP contribution in [0.25, 0.3) is 0 Å². The van der Waals surface area contributed by atoms with Gasteiger partial charge in [0.1, 0.15) is 5.92 Å². The summed E-state index contributed by atoms with van der Waals surface area (Å²) in [4.78, 5) is 49.2. The maximum absolute atomic E-state index is 13.0. The van der Waals surface area contributed by atoms with Crippen molar-refractivity contribution in [2.75, 3.05) is 11.4 Å². The van der Waals surface area contributed by atoms with Gasteiger partial charge in [0.25, 0.3) is 0 Å². The van der Waals surface area contributed by atoms with Crippen molar-refractivity contribution in [3.63, 3.8) is 0 Å². The fourth-order valence-corrected chi connectivity index (χ4v) is 3.64. The number of benzene rings is 2. The summed E-state index contributed by atoms with van der Waals surface area (Å²) in [6.45, 7) is 0.472. The fraction of sp³-hybridized carbons (Fsp3) is 0.304. The lowest BCUT2D eigenvalue weighted by atomic mass is 9.86. The van der Waals surface area contributed by atoms with Crippen molar-refractivity contribution in [1.29, 1.82) is 0 Å². The number of carboxylic acid groups (broad SMARTS) is 1. The lowest BCUT2D eigenvalue weighted by Gasteiger charge is -2.33. The van der Waals surface area contributed by atoms with Crippen molar-refractivity contribution < 1.29 is 24.3 Å². The summed E-state index contributed by atoms with van der Waals surface area (Å²) in [5.74, 6) is -4.84. The molecule has 1 unspecified atom stereocenters. The molecule has 0 spiro atoms. The molecular formula is C23H23NO5. The van der Waals surface area contributed by atoms with E-state index in [1.165, 1.54) is 5.56 Å². The van der Waals surface area contributed by atoms with E-state index in [2.05, 4.69) is 12.1 Å². The summed E-state index contributed by atoms with van der Waals surface area (Å²) in [6.07, 6.45) is 2.01. The number of carbonyl (C=O) groups excluding carboxylic acids is 3. The van der Waals surface area contributed by atoms with Crippen molar-refractivity contribution in [2.45, 2.75) is 32.1 Å². The Balaban J connectivity index is 1.69. The van der Waals surface area contributed by atoms with Gasteiger partial charge in [-0.05, 0) is 42.9 Å². The molecule has 0 bridgehead atoms. The van der Waals surface area contributed by atoms with Gasteiger partial charge in [-0.2, -0.15) is 0 Å². The molecule has 150 valence electrons. The minimum atomic E-state index is -1.65. The first-order valence-corrected chi connectivity index (χ1v) is 9.69. The van der Waals surface area contributed by atoms with Gasteiger partial charge in [-0.25, -0.2) is 4.79 Å². The number of Topliss-reactive ketones (excluding diaryl/α,β-unsaturated/α-hetero) is 2. The second-order valence-electron chi connectivity index (χ2n) is 7.19. The largest absolute Gasteiger partial charge is 0.475 e. The fourth-order valence-electron chi connectivity index (χ4n) is 3.64. The highest BCUT2D eigenvalue weighted by Crippen LogP contribution is 2.31. The van der Waals surface area contributed by atoms with E-state index in [1.54, 1.807) is 4.90 Å². The van der Waals surface area contributed by atoms with Crippen molar-refractivity contribution in [2.24, 2.45) is 5.92 Å². The molecule has 0 radical (unpaired) electrons. The van der Waals surface area contributed by atoms with Crippen LogP contribution in [0.15, 0.2) is 54.6 Å². The van der Waals surface area contributed by atoms with Crippen LogP contribution in [-0.2, 0) is 32.0 Å². The van der Waals surface area contributed by atoms with E-state index in [0.29, 0.717) is 6.54 Å². The Morgan fingerprint density at radius 3 is 2.38 bits per heavy atom. The van der Waals surface area contributed by atoms with Crippen LogP contribution in [0.5, 0.6) is 0 Å². The summed E-state index contributed by atoms with van der Waals surface area (Å²) in [5, 5.41) is 8.75. The van der Waals surface area contributed by atoms with E-state index in [1.807, 2.05) is 42.5 Å². The monoisotopic (exact) mass is 393 g/mol. The minimum Gasteiger partial charge on any atom is -0.475 e. The molecule has 1 amide bonds. The third-order valence-corrected chi connectivity index (χ3v) is 5.17. The van der Waals surface area contributed by atoms with Crippen LogP contribution in [0.2, 0.25) is 0 Å². The number of aliphatic carboxylic acids is 1. The zero-order valence-corrected chi connectivity index (χ0v) is 16.0. The molecule has 1 heterocycles. The number of carbonyl (C=O) groups is 4. The Bertz CT molecular complexity index is 922. The Morgan fingerprint density at radius 1 is 0.966 bits per heavy atom. The minimum absolute atomic E-state index is 0.196. The topological polar surface area (TPSA) is 91.8 Å². The van der Waals surface area contributed by atoms with Gasteiger partial charge in [-0.15, -0.1) is 0 Å². The van der Waals surface area contributed by atoms with Crippen LogP contribution in [-0.4, -0.2) is 35.1 Å². The molecule has 2 aromatic rings. The SMILES string of the molecule is O=C(O)C(=O)CC(=O)C1Cc2ccccc2N(CCCCc2ccccc2)C1=O. The highest BCUT2D eigenvalue weighted by atomic mass is 16.4. The summed E-state index contributed by atoms with van der Waals surface area (Å²) in [7, 11) is 0. The molecular weight excluding hydrogens is 370 g/mol. The standard InChI is InChI=1S/C23H23NO5/c25-20(15-21(26)23(28)29)18-14-17-11-4-5-12-19(17)24(22(18)27)13-7-6-10-16-8-2-1-3-9-16/h1-5,8-9,11-12,18H,6-7,10,13-15H2,(H,28,29). The van der Waals surface area contributed by atoms with Crippen LogP contribution in [0, 0.1) is 5.92 Å². The zero-order valence-electron chi connectivity index (χ0n) is 16.0. The van der Waals surface area contributed by atoms with Crippen molar-refractivity contribution in [3.8, 4) is 0 Å². The number of ketones is 2. The molecule has 1 N–H and O–H groups in total. The molecule has 0 aliphatic carbocycles. The second kappa shape index (κ2) is 9.28. The Labute approximate surface area is 169 Å². The summed E-state index contributed by atoms with van der Waals surface area (Å²) in [5.41, 5.74) is 2.88. The van der Waals surface area contributed by atoms with Crippen LogP contribution in [0.1, 0.15) is 30.4 Å². The molecule has 0 aromatic heterocycles. The summed E-state index contributed by atoms with van der Waals surface area (Å²) in [6, 6.07) is 17.5. The summed E-state index contributed by atoms with van der Waals surface area (Å²) >= 11 is 0.